The van der Waals surface area contributed by atoms with E-state index in [1.54, 1.807) is 28.7 Å². The van der Waals surface area contributed by atoms with Gasteiger partial charge in [-0.1, -0.05) is 36.4 Å². The van der Waals surface area contributed by atoms with E-state index in [0.717, 1.165) is 16.7 Å². The molecule has 25 heavy (non-hydrogen) atoms. The molecule has 1 aliphatic heterocycles. The first-order valence-electron chi connectivity index (χ1n) is 7.88. The molecule has 3 heterocycles. The highest BCUT2D eigenvalue weighted by Gasteiger charge is 2.22. The zero-order valence-corrected chi connectivity index (χ0v) is 14.7. The van der Waals surface area contributed by atoms with Crippen molar-refractivity contribution in [2.24, 2.45) is 0 Å². The predicted octanol–water partition coefficient (Wildman–Crippen LogP) is 5.99. The highest BCUT2D eigenvalue weighted by Crippen LogP contribution is 2.41. The first-order chi connectivity index (χ1) is 12.3. The number of carbonyl (C=O) groups is 1. The lowest BCUT2D eigenvalue weighted by Gasteiger charge is -2.10. The molecule has 0 aliphatic carbocycles. The van der Waals surface area contributed by atoms with Crippen molar-refractivity contribution in [3.8, 4) is 0 Å². The SMILES string of the molecule is O=C1C=CC(=C(c2csc3ccccc23)c2csc3ccccc23)O1. The lowest BCUT2D eigenvalue weighted by Crippen LogP contribution is -1.96. The van der Waals surface area contributed by atoms with Crippen LogP contribution in [0.5, 0.6) is 0 Å². The van der Waals surface area contributed by atoms with Gasteiger partial charge in [0.2, 0.25) is 0 Å². The molecule has 0 saturated heterocycles. The second kappa shape index (κ2) is 5.69. The largest absolute Gasteiger partial charge is 0.423 e. The minimum absolute atomic E-state index is 0.313. The molecule has 120 valence electrons. The van der Waals surface area contributed by atoms with Crippen LogP contribution in [0.3, 0.4) is 0 Å². The van der Waals surface area contributed by atoms with E-state index in [4.69, 9.17) is 4.74 Å². The van der Waals surface area contributed by atoms with Gasteiger partial charge < -0.3 is 4.74 Å². The van der Waals surface area contributed by atoms with Gasteiger partial charge in [-0.2, -0.15) is 0 Å². The Hall–Kier alpha value is -2.69. The molecule has 0 amide bonds. The maximum Gasteiger partial charge on any atom is 0.336 e. The van der Waals surface area contributed by atoms with E-state index in [-0.39, 0.29) is 5.97 Å². The van der Waals surface area contributed by atoms with Crippen molar-refractivity contribution in [3.63, 3.8) is 0 Å². The van der Waals surface area contributed by atoms with Crippen LogP contribution in [-0.4, -0.2) is 5.97 Å². The summed E-state index contributed by atoms with van der Waals surface area (Å²) in [6, 6.07) is 16.7. The molecule has 0 atom stereocenters. The summed E-state index contributed by atoms with van der Waals surface area (Å²) >= 11 is 3.42. The van der Waals surface area contributed by atoms with Crippen molar-refractivity contribution < 1.29 is 9.53 Å². The van der Waals surface area contributed by atoms with E-state index in [1.807, 2.05) is 24.3 Å². The van der Waals surface area contributed by atoms with Gasteiger partial charge in [-0.3, -0.25) is 0 Å². The van der Waals surface area contributed by atoms with Crippen LogP contribution in [-0.2, 0) is 9.53 Å². The summed E-state index contributed by atoms with van der Waals surface area (Å²) in [5, 5.41) is 6.67. The van der Waals surface area contributed by atoms with Crippen molar-refractivity contribution in [2.45, 2.75) is 0 Å². The molecule has 2 aromatic heterocycles. The van der Waals surface area contributed by atoms with Gasteiger partial charge in [0.05, 0.1) is 0 Å². The van der Waals surface area contributed by atoms with Crippen LogP contribution in [0.1, 0.15) is 11.1 Å². The Morgan fingerprint density at radius 1 is 0.760 bits per heavy atom. The summed E-state index contributed by atoms with van der Waals surface area (Å²) in [5.41, 5.74) is 3.20. The monoisotopic (exact) mass is 360 g/mol. The van der Waals surface area contributed by atoms with E-state index in [0.29, 0.717) is 5.76 Å². The quantitative estimate of drug-likeness (QED) is 0.411. The molecule has 0 saturated carbocycles. The van der Waals surface area contributed by atoms with Crippen molar-refractivity contribution in [1.29, 1.82) is 0 Å². The Labute approximate surface area is 152 Å². The number of esters is 1. The highest BCUT2D eigenvalue weighted by atomic mass is 32.1. The molecule has 0 spiro atoms. The number of carbonyl (C=O) groups excluding carboxylic acids is 1. The molecular formula is C21H12O2S2. The zero-order valence-electron chi connectivity index (χ0n) is 13.1. The Morgan fingerprint density at radius 2 is 1.32 bits per heavy atom. The van der Waals surface area contributed by atoms with Crippen LogP contribution in [0.25, 0.3) is 25.7 Å². The van der Waals surface area contributed by atoms with Crippen LogP contribution >= 0.6 is 22.7 Å². The average Bonchev–Trinajstić information content (AvgIpc) is 3.36. The summed E-state index contributed by atoms with van der Waals surface area (Å²) < 4.78 is 7.96. The third-order valence-electron chi connectivity index (χ3n) is 4.33. The molecule has 0 bridgehead atoms. The van der Waals surface area contributed by atoms with E-state index in [2.05, 4.69) is 35.0 Å². The number of benzene rings is 2. The maximum absolute atomic E-state index is 11.7. The molecule has 0 N–H and O–H groups in total. The van der Waals surface area contributed by atoms with Crippen molar-refractivity contribution in [1.82, 2.24) is 0 Å². The van der Waals surface area contributed by atoms with Crippen molar-refractivity contribution >= 4 is 54.4 Å². The molecule has 2 aromatic carbocycles. The van der Waals surface area contributed by atoms with Crippen molar-refractivity contribution in [3.05, 3.63) is 88.3 Å². The van der Waals surface area contributed by atoms with E-state index >= 15 is 0 Å². The van der Waals surface area contributed by atoms with Gasteiger partial charge in [-0.25, -0.2) is 4.79 Å². The number of hydrogen-bond donors (Lipinski definition) is 0. The molecule has 5 rings (SSSR count). The molecule has 0 fully saturated rings. The third-order valence-corrected chi connectivity index (χ3v) is 6.26. The minimum Gasteiger partial charge on any atom is -0.423 e. The molecule has 1 aliphatic rings. The van der Waals surface area contributed by atoms with Crippen LogP contribution in [0, 0.1) is 0 Å². The van der Waals surface area contributed by atoms with Gasteiger partial charge in [-0.05, 0) is 29.0 Å². The average molecular weight is 360 g/mol. The second-order valence-corrected chi connectivity index (χ2v) is 7.61. The van der Waals surface area contributed by atoms with Gasteiger partial charge >= 0.3 is 5.97 Å². The number of allylic oxidation sites excluding steroid dienone is 1. The van der Waals surface area contributed by atoms with Gasteiger partial charge in [0.1, 0.15) is 5.76 Å². The smallest absolute Gasteiger partial charge is 0.336 e. The van der Waals surface area contributed by atoms with Crippen LogP contribution in [0.4, 0.5) is 0 Å². The number of hydrogen-bond acceptors (Lipinski definition) is 4. The summed E-state index contributed by atoms with van der Waals surface area (Å²) in [6.45, 7) is 0. The standard InChI is InChI=1S/C21H12O2S2/c22-20-10-9-17(23-20)21(15-11-24-18-7-3-1-5-13(15)18)16-12-25-19-8-4-2-6-14(16)19/h1-12H. The Bertz CT molecular complexity index is 1110. The fraction of sp³-hybridized carbons (Fsp3) is 0. The second-order valence-electron chi connectivity index (χ2n) is 5.78. The summed E-state index contributed by atoms with van der Waals surface area (Å²) in [7, 11) is 0. The van der Waals surface area contributed by atoms with E-state index in [1.165, 1.54) is 26.2 Å². The lowest BCUT2D eigenvalue weighted by molar-refractivity contribution is -0.132. The lowest BCUT2D eigenvalue weighted by atomic mass is 9.95. The van der Waals surface area contributed by atoms with Gasteiger partial charge in [0.15, 0.2) is 0 Å². The first-order valence-corrected chi connectivity index (χ1v) is 9.64. The maximum atomic E-state index is 11.7. The fourth-order valence-electron chi connectivity index (χ4n) is 3.21. The molecule has 0 unspecified atom stereocenters. The predicted molar refractivity (Wildman–Crippen MR) is 105 cm³/mol. The fourth-order valence-corrected chi connectivity index (χ4v) is 5.11. The molecule has 4 aromatic rings. The molecule has 4 heteroatoms. The number of thiophene rings is 2. The number of cyclic esters (lactones) is 1. The minimum atomic E-state index is -0.313. The number of rotatable bonds is 2. The van der Waals surface area contributed by atoms with Crippen LogP contribution in [0.2, 0.25) is 0 Å². The summed E-state index contributed by atoms with van der Waals surface area (Å²) in [4.78, 5) is 11.7. The van der Waals surface area contributed by atoms with E-state index in [9.17, 15) is 4.79 Å². The molecule has 2 nitrogen and oxygen atoms in total. The number of ether oxygens (including phenoxy) is 1. The summed E-state index contributed by atoms with van der Waals surface area (Å²) in [5.74, 6) is 0.309. The van der Waals surface area contributed by atoms with Crippen molar-refractivity contribution in [2.75, 3.05) is 0 Å². The Kier molecular flexibility index (Phi) is 3.33. The highest BCUT2D eigenvalue weighted by molar-refractivity contribution is 7.18. The Morgan fingerprint density at radius 3 is 1.84 bits per heavy atom. The normalized spacial score (nSPS) is 13.8. The van der Waals surface area contributed by atoms with Crippen LogP contribution < -0.4 is 0 Å². The Balaban J connectivity index is 1.85. The van der Waals surface area contributed by atoms with Gasteiger partial charge in [0.25, 0.3) is 0 Å². The first kappa shape index (κ1) is 14.6. The van der Waals surface area contributed by atoms with E-state index < -0.39 is 0 Å². The van der Waals surface area contributed by atoms with Crippen LogP contribution in [0.15, 0.2) is 77.2 Å². The third kappa shape index (κ3) is 2.34. The van der Waals surface area contributed by atoms with Gasteiger partial charge in [-0.15, -0.1) is 22.7 Å². The topological polar surface area (TPSA) is 26.3 Å². The molecule has 0 radical (unpaired) electrons. The zero-order chi connectivity index (χ0) is 16.8. The van der Waals surface area contributed by atoms with Gasteiger partial charge in [0, 0.05) is 42.9 Å². The summed E-state index contributed by atoms with van der Waals surface area (Å²) in [6.07, 6.45) is 3.26. The number of fused-ring (bicyclic) bond motifs is 2. The molecular weight excluding hydrogens is 348 g/mol.